The van der Waals surface area contributed by atoms with Crippen LogP contribution in [0.25, 0.3) is 0 Å². The number of pyridine rings is 2. The van der Waals surface area contributed by atoms with Crippen LogP contribution in [0.2, 0.25) is 0 Å². The molecule has 8 heteroatoms. The first-order valence-corrected chi connectivity index (χ1v) is 8.92. The van der Waals surface area contributed by atoms with E-state index in [0.29, 0.717) is 11.4 Å². The quantitative estimate of drug-likeness (QED) is 0.826. The highest BCUT2D eigenvalue weighted by molar-refractivity contribution is 5.98. The summed E-state index contributed by atoms with van der Waals surface area (Å²) in [6.07, 6.45) is 3.53. The summed E-state index contributed by atoms with van der Waals surface area (Å²) in [5.41, 5.74) is 7.32. The molecule has 0 aromatic carbocycles. The standard InChI is InChI=1S/C19H25N5O3/c1-12-10-15(19(25)21-2)17(20)23-18(12)24-8-6-13(7-9-24)27-14-4-5-16(26-3)22-11-14/h4-5,10-11,13H,6-9H2,1-3H3,(H2,20,23)(H,21,25). The predicted octanol–water partition coefficient (Wildman–Crippen LogP) is 1.78. The maximum absolute atomic E-state index is 11.9. The van der Waals surface area contributed by atoms with Crippen molar-refractivity contribution in [3.8, 4) is 11.6 Å². The summed E-state index contributed by atoms with van der Waals surface area (Å²) in [7, 11) is 3.16. The highest BCUT2D eigenvalue weighted by Gasteiger charge is 2.24. The highest BCUT2D eigenvalue weighted by Crippen LogP contribution is 2.27. The van der Waals surface area contributed by atoms with E-state index in [1.165, 1.54) is 0 Å². The first kappa shape index (κ1) is 18.8. The molecule has 2 aromatic rings. The van der Waals surface area contributed by atoms with E-state index in [1.807, 2.05) is 13.0 Å². The number of rotatable bonds is 5. The van der Waals surface area contributed by atoms with Gasteiger partial charge in [0.15, 0.2) is 0 Å². The summed E-state index contributed by atoms with van der Waals surface area (Å²) in [6, 6.07) is 5.44. The average Bonchev–Trinajstić information content (AvgIpc) is 2.70. The fraction of sp³-hybridized carbons (Fsp3) is 0.421. The Bertz CT molecular complexity index is 802. The van der Waals surface area contributed by atoms with E-state index in [9.17, 15) is 4.79 Å². The van der Waals surface area contributed by atoms with Gasteiger partial charge in [0.1, 0.15) is 23.5 Å². The zero-order valence-corrected chi connectivity index (χ0v) is 15.9. The average molecular weight is 371 g/mol. The lowest BCUT2D eigenvalue weighted by atomic mass is 10.1. The van der Waals surface area contributed by atoms with E-state index in [2.05, 4.69) is 20.2 Å². The van der Waals surface area contributed by atoms with Gasteiger partial charge < -0.3 is 25.4 Å². The minimum Gasteiger partial charge on any atom is -0.489 e. The second-order valence-corrected chi connectivity index (χ2v) is 6.48. The van der Waals surface area contributed by atoms with Crippen molar-refractivity contribution in [2.45, 2.75) is 25.9 Å². The molecule has 3 heterocycles. The fourth-order valence-corrected chi connectivity index (χ4v) is 3.19. The van der Waals surface area contributed by atoms with Gasteiger partial charge in [0.25, 0.3) is 5.91 Å². The SMILES string of the molecule is CNC(=O)c1cc(C)c(N2CCC(Oc3ccc(OC)nc3)CC2)nc1N. The molecule has 1 amide bonds. The Morgan fingerprint density at radius 1 is 1.33 bits per heavy atom. The summed E-state index contributed by atoms with van der Waals surface area (Å²) in [5.74, 6) is 2.15. The van der Waals surface area contributed by atoms with Crippen molar-refractivity contribution >= 4 is 17.5 Å². The van der Waals surface area contributed by atoms with Crippen LogP contribution in [0.4, 0.5) is 11.6 Å². The van der Waals surface area contributed by atoms with Crippen molar-refractivity contribution in [1.29, 1.82) is 0 Å². The lowest BCUT2D eigenvalue weighted by Crippen LogP contribution is -2.39. The van der Waals surface area contributed by atoms with E-state index in [4.69, 9.17) is 15.2 Å². The first-order valence-electron chi connectivity index (χ1n) is 8.92. The molecule has 1 fully saturated rings. The summed E-state index contributed by atoms with van der Waals surface area (Å²) in [4.78, 5) is 22.7. The monoisotopic (exact) mass is 371 g/mol. The summed E-state index contributed by atoms with van der Waals surface area (Å²) in [6.45, 7) is 3.56. The number of hydrogen-bond donors (Lipinski definition) is 2. The molecule has 1 aliphatic rings. The minimum atomic E-state index is -0.227. The van der Waals surface area contributed by atoms with Crippen LogP contribution in [0.3, 0.4) is 0 Å². The van der Waals surface area contributed by atoms with Gasteiger partial charge in [-0.2, -0.15) is 0 Å². The van der Waals surface area contributed by atoms with Gasteiger partial charge in [-0.15, -0.1) is 0 Å². The van der Waals surface area contributed by atoms with Crippen LogP contribution in [0.15, 0.2) is 24.4 Å². The van der Waals surface area contributed by atoms with E-state index in [0.717, 1.165) is 43.1 Å². The van der Waals surface area contributed by atoms with E-state index in [1.54, 1.807) is 32.5 Å². The van der Waals surface area contributed by atoms with Crippen LogP contribution in [0.5, 0.6) is 11.6 Å². The maximum atomic E-state index is 11.9. The molecule has 0 aliphatic carbocycles. The number of anilines is 2. The third kappa shape index (κ3) is 4.21. The molecule has 27 heavy (non-hydrogen) atoms. The fourth-order valence-electron chi connectivity index (χ4n) is 3.19. The normalized spacial score (nSPS) is 14.7. The van der Waals surface area contributed by atoms with E-state index in [-0.39, 0.29) is 17.8 Å². The molecule has 1 aliphatic heterocycles. The largest absolute Gasteiger partial charge is 0.489 e. The van der Waals surface area contributed by atoms with Gasteiger partial charge in [0, 0.05) is 39.0 Å². The molecule has 1 saturated heterocycles. The molecule has 0 unspecified atom stereocenters. The van der Waals surface area contributed by atoms with Crippen molar-refractivity contribution in [2.24, 2.45) is 0 Å². The number of carbonyl (C=O) groups excluding carboxylic acids is 1. The van der Waals surface area contributed by atoms with Crippen LogP contribution in [0.1, 0.15) is 28.8 Å². The van der Waals surface area contributed by atoms with Gasteiger partial charge in [-0.1, -0.05) is 0 Å². The van der Waals surface area contributed by atoms with Crippen LogP contribution in [0, 0.1) is 6.92 Å². The first-order chi connectivity index (χ1) is 13.0. The number of ether oxygens (including phenoxy) is 2. The number of aromatic nitrogens is 2. The highest BCUT2D eigenvalue weighted by atomic mass is 16.5. The molecule has 3 rings (SSSR count). The second kappa shape index (κ2) is 8.11. The van der Waals surface area contributed by atoms with Gasteiger partial charge >= 0.3 is 0 Å². The number of nitrogens with two attached hydrogens (primary N) is 1. The molecule has 8 nitrogen and oxygen atoms in total. The number of piperidine rings is 1. The van der Waals surface area contributed by atoms with Gasteiger partial charge in [-0.25, -0.2) is 9.97 Å². The van der Waals surface area contributed by atoms with Gasteiger partial charge in [0.2, 0.25) is 5.88 Å². The summed E-state index contributed by atoms with van der Waals surface area (Å²) in [5, 5.41) is 2.58. The van der Waals surface area contributed by atoms with E-state index >= 15 is 0 Å². The molecule has 0 spiro atoms. The topological polar surface area (TPSA) is 103 Å². The van der Waals surface area contributed by atoms with Crippen molar-refractivity contribution < 1.29 is 14.3 Å². The zero-order valence-electron chi connectivity index (χ0n) is 15.9. The number of hydrogen-bond acceptors (Lipinski definition) is 7. The van der Waals surface area contributed by atoms with E-state index < -0.39 is 0 Å². The van der Waals surface area contributed by atoms with Crippen LogP contribution < -0.4 is 25.4 Å². The molecule has 2 aromatic heterocycles. The molecular formula is C19H25N5O3. The third-order valence-electron chi connectivity index (χ3n) is 4.65. The number of nitrogen functional groups attached to an aromatic ring is 1. The smallest absolute Gasteiger partial charge is 0.254 e. The van der Waals surface area contributed by atoms with Gasteiger partial charge in [-0.05, 0) is 24.6 Å². The number of nitrogens with zero attached hydrogens (tertiary/aromatic N) is 3. The Kier molecular flexibility index (Phi) is 5.63. The van der Waals surface area contributed by atoms with Gasteiger partial charge in [-0.3, -0.25) is 4.79 Å². The Hall–Kier alpha value is -3.03. The Balaban J connectivity index is 1.63. The molecule has 3 N–H and O–H groups in total. The summed E-state index contributed by atoms with van der Waals surface area (Å²) < 4.78 is 11.1. The Labute approximate surface area is 158 Å². The number of methoxy groups -OCH3 is 1. The van der Waals surface area contributed by atoms with Crippen LogP contribution >= 0.6 is 0 Å². The number of carbonyl (C=O) groups is 1. The lowest BCUT2D eigenvalue weighted by Gasteiger charge is -2.34. The maximum Gasteiger partial charge on any atom is 0.254 e. The summed E-state index contributed by atoms with van der Waals surface area (Å²) >= 11 is 0. The van der Waals surface area contributed by atoms with Crippen molar-refractivity contribution in [3.05, 3.63) is 35.5 Å². The molecule has 0 saturated carbocycles. The molecule has 144 valence electrons. The second-order valence-electron chi connectivity index (χ2n) is 6.48. The lowest BCUT2D eigenvalue weighted by molar-refractivity contribution is 0.0963. The molecule has 0 atom stereocenters. The third-order valence-corrected chi connectivity index (χ3v) is 4.65. The Morgan fingerprint density at radius 3 is 2.67 bits per heavy atom. The Morgan fingerprint density at radius 2 is 2.07 bits per heavy atom. The van der Waals surface area contributed by atoms with Crippen molar-refractivity contribution in [2.75, 3.05) is 37.9 Å². The van der Waals surface area contributed by atoms with Crippen LogP contribution in [-0.4, -0.2) is 49.2 Å². The van der Waals surface area contributed by atoms with Crippen LogP contribution in [-0.2, 0) is 0 Å². The zero-order chi connectivity index (χ0) is 19.4. The molecular weight excluding hydrogens is 346 g/mol. The number of nitrogens with one attached hydrogen (secondary N) is 1. The molecule has 0 radical (unpaired) electrons. The number of amides is 1. The molecule has 0 bridgehead atoms. The predicted molar refractivity (Wildman–Crippen MR) is 103 cm³/mol. The number of aryl methyl sites for hydroxylation is 1. The van der Waals surface area contributed by atoms with Crippen molar-refractivity contribution in [1.82, 2.24) is 15.3 Å². The minimum absolute atomic E-state index is 0.124. The van der Waals surface area contributed by atoms with Crippen molar-refractivity contribution in [3.63, 3.8) is 0 Å². The van der Waals surface area contributed by atoms with Gasteiger partial charge in [0.05, 0.1) is 18.9 Å².